The van der Waals surface area contributed by atoms with Gasteiger partial charge in [-0.15, -0.1) is 0 Å². The summed E-state index contributed by atoms with van der Waals surface area (Å²) < 4.78 is 0. The molecule has 0 spiro atoms. The van der Waals surface area contributed by atoms with Gasteiger partial charge in [0.1, 0.15) is 0 Å². The third kappa shape index (κ3) is 6.64. The standard InChI is InChI=1S/C21H16O4/c22-20(23)14-12-18-8-4-16(5-9-18)2-1-3-17-6-10-19(11-7-17)13-15-21(24)25/h4-11H,1-3H2,(H,22,23)(H,24,25). The van der Waals surface area contributed by atoms with E-state index in [0.29, 0.717) is 11.1 Å². The Kier molecular flexibility index (Phi) is 6.39. The van der Waals surface area contributed by atoms with Gasteiger partial charge in [-0.1, -0.05) is 36.1 Å². The summed E-state index contributed by atoms with van der Waals surface area (Å²) in [5.74, 6) is 7.07. The van der Waals surface area contributed by atoms with Crippen LogP contribution in [-0.4, -0.2) is 22.2 Å². The molecule has 124 valence electrons. The molecular weight excluding hydrogens is 316 g/mol. The van der Waals surface area contributed by atoms with E-state index in [1.807, 2.05) is 48.5 Å². The maximum Gasteiger partial charge on any atom is 0.382 e. The first kappa shape index (κ1) is 17.8. The maximum absolute atomic E-state index is 10.4. The second kappa shape index (κ2) is 8.96. The monoisotopic (exact) mass is 332 g/mol. The van der Waals surface area contributed by atoms with Gasteiger partial charge in [-0.05, 0) is 54.7 Å². The van der Waals surface area contributed by atoms with Crippen molar-refractivity contribution in [2.75, 3.05) is 0 Å². The molecule has 4 nitrogen and oxygen atoms in total. The Morgan fingerprint density at radius 1 is 0.680 bits per heavy atom. The Labute approximate surface area is 146 Å². The van der Waals surface area contributed by atoms with E-state index in [1.54, 1.807) is 0 Å². The number of carboxylic acid groups (broad SMARTS) is 2. The lowest BCUT2D eigenvalue weighted by Gasteiger charge is -2.03. The highest BCUT2D eigenvalue weighted by atomic mass is 16.4. The van der Waals surface area contributed by atoms with Crippen LogP contribution >= 0.6 is 0 Å². The number of carbonyl (C=O) groups is 2. The minimum Gasteiger partial charge on any atom is -0.472 e. The van der Waals surface area contributed by atoms with E-state index in [4.69, 9.17) is 10.2 Å². The molecule has 0 saturated heterocycles. The van der Waals surface area contributed by atoms with E-state index >= 15 is 0 Å². The molecule has 0 aliphatic rings. The summed E-state index contributed by atoms with van der Waals surface area (Å²) in [6, 6.07) is 15.1. The van der Waals surface area contributed by atoms with E-state index < -0.39 is 11.9 Å². The number of hydrogen-bond donors (Lipinski definition) is 2. The van der Waals surface area contributed by atoms with Crippen molar-refractivity contribution < 1.29 is 19.8 Å². The summed E-state index contributed by atoms with van der Waals surface area (Å²) in [5.41, 5.74) is 3.71. The molecule has 0 bridgehead atoms. The van der Waals surface area contributed by atoms with Crippen LogP contribution in [0.3, 0.4) is 0 Å². The minimum absolute atomic E-state index is 0.684. The molecule has 4 heteroatoms. The van der Waals surface area contributed by atoms with Crippen LogP contribution in [0.25, 0.3) is 0 Å². The van der Waals surface area contributed by atoms with Crippen molar-refractivity contribution >= 4 is 11.9 Å². The molecule has 25 heavy (non-hydrogen) atoms. The van der Waals surface area contributed by atoms with Crippen LogP contribution < -0.4 is 0 Å². The lowest BCUT2D eigenvalue weighted by atomic mass is 10.0. The summed E-state index contributed by atoms with van der Waals surface area (Å²) in [7, 11) is 0. The van der Waals surface area contributed by atoms with Gasteiger partial charge < -0.3 is 10.2 Å². The Balaban J connectivity index is 1.85. The summed E-state index contributed by atoms with van der Waals surface area (Å²) in [4.78, 5) is 20.8. The molecule has 0 heterocycles. The molecule has 2 N–H and O–H groups in total. The zero-order valence-corrected chi connectivity index (χ0v) is 13.5. The van der Waals surface area contributed by atoms with Crippen molar-refractivity contribution in [1.29, 1.82) is 0 Å². The first-order chi connectivity index (χ1) is 12.0. The Bertz CT molecular complexity index is 794. The van der Waals surface area contributed by atoms with E-state index in [2.05, 4.69) is 23.7 Å². The van der Waals surface area contributed by atoms with Crippen LogP contribution in [0, 0.1) is 23.7 Å². The van der Waals surface area contributed by atoms with Crippen molar-refractivity contribution in [3.05, 3.63) is 70.8 Å². The van der Waals surface area contributed by atoms with Crippen LogP contribution in [0.4, 0.5) is 0 Å². The van der Waals surface area contributed by atoms with E-state index in [-0.39, 0.29) is 0 Å². The van der Waals surface area contributed by atoms with Gasteiger partial charge in [0.05, 0.1) is 0 Å². The highest BCUT2D eigenvalue weighted by Gasteiger charge is 1.97. The van der Waals surface area contributed by atoms with E-state index in [0.717, 1.165) is 19.3 Å². The highest BCUT2D eigenvalue weighted by Crippen LogP contribution is 2.10. The Morgan fingerprint density at radius 3 is 1.36 bits per heavy atom. The fourth-order valence-corrected chi connectivity index (χ4v) is 2.26. The van der Waals surface area contributed by atoms with Gasteiger partial charge >= 0.3 is 11.9 Å². The maximum atomic E-state index is 10.4. The number of aryl methyl sites for hydroxylation is 2. The third-order valence-corrected chi connectivity index (χ3v) is 3.47. The van der Waals surface area contributed by atoms with Crippen molar-refractivity contribution in [3.63, 3.8) is 0 Å². The van der Waals surface area contributed by atoms with Gasteiger partial charge in [-0.3, -0.25) is 0 Å². The predicted octanol–water partition coefficient (Wildman–Crippen LogP) is 2.73. The molecule has 0 aliphatic carbocycles. The third-order valence-electron chi connectivity index (χ3n) is 3.47. The first-order valence-electron chi connectivity index (χ1n) is 7.71. The zero-order valence-electron chi connectivity index (χ0n) is 13.5. The quantitative estimate of drug-likeness (QED) is 0.844. The predicted molar refractivity (Wildman–Crippen MR) is 93.9 cm³/mol. The highest BCUT2D eigenvalue weighted by molar-refractivity contribution is 5.87. The van der Waals surface area contributed by atoms with Gasteiger partial charge in [-0.25, -0.2) is 9.59 Å². The lowest BCUT2D eigenvalue weighted by molar-refractivity contribution is -0.131. The second-order valence-electron chi connectivity index (χ2n) is 5.36. The topological polar surface area (TPSA) is 74.6 Å². The number of rotatable bonds is 4. The summed E-state index contributed by atoms with van der Waals surface area (Å²) in [6.45, 7) is 0. The van der Waals surface area contributed by atoms with Crippen LogP contribution in [0.5, 0.6) is 0 Å². The summed E-state index contributed by atoms with van der Waals surface area (Å²) in [6.07, 6.45) is 2.79. The van der Waals surface area contributed by atoms with Gasteiger partial charge in [-0.2, -0.15) is 0 Å². The molecular formula is C21H16O4. The van der Waals surface area contributed by atoms with Crippen molar-refractivity contribution in [2.45, 2.75) is 19.3 Å². The molecule has 0 amide bonds. The van der Waals surface area contributed by atoms with Crippen molar-refractivity contribution in [2.24, 2.45) is 0 Å². The fraction of sp³-hybridized carbons (Fsp3) is 0.143. The SMILES string of the molecule is O=C(O)C#Cc1ccc(CCCc2ccc(C#CC(=O)O)cc2)cc1. The smallest absolute Gasteiger partial charge is 0.382 e. The van der Waals surface area contributed by atoms with Gasteiger partial charge in [0.15, 0.2) is 0 Å². The van der Waals surface area contributed by atoms with Gasteiger partial charge in [0.2, 0.25) is 0 Å². The van der Waals surface area contributed by atoms with Crippen LogP contribution in [0.15, 0.2) is 48.5 Å². The van der Waals surface area contributed by atoms with E-state index in [9.17, 15) is 9.59 Å². The number of hydrogen-bond acceptors (Lipinski definition) is 2. The molecule has 0 unspecified atom stereocenters. The molecule has 0 aromatic heterocycles. The molecule has 2 rings (SSSR count). The summed E-state index contributed by atoms with van der Waals surface area (Å²) in [5, 5.41) is 17.0. The first-order valence-corrected chi connectivity index (χ1v) is 7.71. The normalized spacial score (nSPS) is 9.28. The molecule has 0 radical (unpaired) electrons. The van der Waals surface area contributed by atoms with Crippen molar-refractivity contribution in [3.8, 4) is 23.7 Å². The molecule has 0 fully saturated rings. The number of carboxylic acids is 2. The molecule has 0 aliphatic heterocycles. The second-order valence-corrected chi connectivity index (χ2v) is 5.36. The van der Waals surface area contributed by atoms with Gasteiger partial charge in [0.25, 0.3) is 0 Å². The summed E-state index contributed by atoms with van der Waals surface area (Å²) >= 11 is 0. The lowest BCUT2D eigenvalue weighted by Crippen LogP contribution is -1.91. The number of aliphatic carboxylic acids is 2. The van der Waals surface area contributed by atoms with Gasteiger partial charge in [0, 0.05) is 23.0 Å². The Hall–Kier alpha value is -3.50. The van der Waals surface area contributed by atoms with Crippen LogP contribution in [-0.2, 0) is 22.4 Å². The minimum atomic E-state index is -1.14. The molecule has 0 saturated carbocycles. The largest absolute Gasteiger partial charge is 0.472 e. The molecule has 2 aromatic carbocycles. The van der Waals surface area contributed by atoms with Crippen LogP contribution in [0.2, 0.25) is 0 Å². The zero-order chi connectivity index (χ0) is 18.1. The Morgan fingerprint density at radius 2 is 1.04 bits per heavy atom. The number of benzene rings is 2. The molecule has 0 atom stereocenters. The van der Waals surface area contributed by atoms with E-state index in [1.165, 1.54) is 11.1 Å². The van der Waals surface area contributed by atoms with Crippen LogP contribution in [0.1, 0.15) is 28.7 Å². The average molecular weight is 332 g/mol. The van der Waals surface area contributed by atoms with Crippen molar-refractivity contribution in [1.82, 2.24) is 0 Å². The average Bonchev–Trinajstić information content (AvgIpc) is 2.60. The fourth-order valence-electron chi connectivity index (χ4n) is 2.26. The molecule has 2 aromatic rings.